The lowest BCUT2D eigenvalue weighted by Gasteiger charge is -2.58. The van der Waals surface area contributed by atoms with Crippen molar-refractivity contribution in [2.24, 2.45) is 11.3 Å². The summed E-state index contributed by atoms with van der Waals surface area (Å²) in [5.41, 5.74) is 2.25. The van der Waals surface area contributed by atoms with Crippen LogP contribution < -0.4 is 14.8 Å². The number of carbonyl (C=O) groups is 2. The molecule has 2 aromatic carbocycles. The average Bonchev–Trinajstić information content (AvgIpc) is 3.35. The zero-order chi connectivity index (χ0) is 31.7. The molecule has 45 heavy (non-hydrogen) atoms. The van der Waals surface area contributed by atoms with Gasteiger partial charge in [-0.1, -0.05) is 0 Å². The molecule has 2 aliphatic rings. The monoisotopic (exact) mass is 623 g/mol. The molecular weight excluding hydrogens is 591 g/mol. The van der Waals surface area contributed by atoms with Crippen molar-refractivity contribution in [3.8, 4) is 22.8 Å². The molecule has 0 unspecified atom stereocenters. The summed E-state index contributed by atoms with van der Waals surface area (Å²) in [6.07, 6.45) is 9.07. The number of alkyl halides is 2. The van der Waals surface area contributed by atoms with E-state index in [4.69, 9.17) is 9.47 Å². The van der Waals surface area contributed by atoms with Crippen molar-refractivity contribution in [2.45, 2.75) is 58.2 Å². The van der Waals surface area contributed by atoms with Gasteiger partial charge in [0.15, 0.2) is 0 Å². The van der Waals surface area contributed by atoms with Crippen molar-refractivity contribution in [1.29, 1.82) is 0 Å². The predicted octanol–water partition coefficient (Wildman–Crippen LogP) is 5.53. The van der Waals surface area contributed by atoms with Crippen LogP contribution in [0.25, 0.3) is 22.2 Å². The summed E-state index contributed by atoms with van der Waals surface area (Å²) in [4.78, 5) is 33.4. The van der Waals surface area contributed by atoms with E-state index in [-0.39, 0.29) is 35.3 Å². The van der Waals surface area contributed by atoms with E-state index in [9.17, 15) is 22.8 Å². The fourth-order valence-corrected chi connectivity index (χ4v) is 6.66. The van der Waals surface area contributed by atoms with Gasteiger partial charge in [-0.05, 0) is 67.7 Å². The fourth-order valence-electron chi connectivity index (χ4n) is 6.66. The second kappa shape index (κ2) is 12.4. The number of aromatic nitrogens is 4. The lowest BCUT2D eigenvalue weighted by Crippen LogP contribution is -2.56. The molecule has 4 aromatic rings. The van der Waals surface area contributed by atoms with Crippen molar-refractivity contribution in [3.05, 3.63) is 66.0 Å². The summed E-state index contributed by atoms with van der Waals surface area (Å²) in [5.74, 6) is -0.436. The van der Waals surface area contributed by atoms with Crippen molar-refractivity contribution in [1.82, 2.24) is 25.1 Å². The van der Waals surface area contributed by atoms with E-state index in [1.165, 1.54) is 56.9 Å². The Labute approximate surface area is 256 Å². The van der Waals surface area contributed by atoms with Crippen LogP contribution in [0.2, 0.25) is 0 Å². The largest absolute Gasteiger partial charge is 0.497 e. The number of esters is 1. The SMILES string of the molecule is COc1cc(F)cc(-c2cnc(Cn3ncc4cc(OC(F)F)cc(C(=O)NC5CC6(CC(CCOC(C)=O)C6)C5)c43)cn2)c1. The minimum atomic E-state index is -3.06. The molecule has 10 nitrogen and oxygen atoms in total. The van der Waals surface area contributed by atoms with Gasteiger partial charge in [0.1, 0.15) is 17.3 Å². The van der Waals surface area contributed by atoms with Gasteiger partial charge in [0.2, 0.25) is 0 Å². The molecule has 0 atom stereocenters. The number of benzene rings is 2. The smallest absolute Gasteiger partial charge is 0.387 e. The zero-order valence-electron chi connectivity index (χ0n) is 24.8. The third-order valence-corrected chi connectivity index (χ3v) is 8.57. The molecule has 0 bridgehead atoms. The predicted molar refractivity (Wildman–Crippen MR) is 156 cm³/mol. The molecule has 0 saturated heterocycles. The molecule has 2 fully saturated rings. The average molecular weight is 624 g/mol. The third-order valence-electron chi connectivity index (χ3n) is 8.57. The quantitative estimate of drug-likeness (QED) is 0.217. The van der Waals surface area contributed by atoms with Crippen LogP contribution in [0.15, 0.2) is 48.9 Å². The molecule has 2 aromatic heterocycles. The van der Waals surface area contributed by atoms with Crippen molar-refractivity contribution >= 4 is 22.8 Å². The number of carbonyl (C=O) groups excluding carboxylic acids is 2. The molecule has 2 saturated carbocycles. The lowest BCUT2D eigenvalue weighted by molar-refractivity contribution is -0.142. The first kappa shape index (κ1) is 30.4. The highest BCUT2D eigenvalue weighted by Crippen LogP contribution is 2.59. The van der Waals surface area contributed by atoms with Crippen LogP contribution in [-0.4, -0.2) is 58.0 Å². The van der Waals surface area contributed by atoms with Gasteiger partial charge in [0.05, 0.1) is 61.3 Å². The third kappa shape index (κ3) is 6.71. The van der Waals surface area contributed by atoms with E-state index in [2.05, 4.69) is 25.1 Å². The Morgan fingerprint density at radius 2 is 1.84 bits per heavy atom. The summed E-state index contributed by atoms with van der Waals surface area (Å²) >= 11 is 0. The van der Waals surface area contributed by atoms with E-state index in [0.717, 1.165) is 32.1 Å². The van der Waals surface area contributed by atoms with E-state index < -0.39 is 18.3 Å². The van der Waals surface area contributed by atoms with Crippen LogP contribution in [0.4, 0.5) is 13.2 Å². The molecular formula is C32H32F3N5O5. The van der Waals surface area contributed by atoms with Gasteiger partial charge in [-0.15, -0.1) is 0 Å². The summed E-state index contributed by atoms with van der Waals surface area (Å²) in [6.45, 7) is -1.09. The fraction of sp³-hybridized carbons (Fsp3) is 0.406. The van der Waals surface area contributed by atoms with Crippen molar-refractivity contribution in [3.63, 3.8) is 0 Å². The first-order valence-electron chi connectivity index (χ1n) is 14.6. The number of ether oxygens (including phenoxy) is 3. The Morgan fingerprint density at radius 1 is 1.04 bits per heavy atom. The van der Waals surface area contributed by atoms with Gasteiger partial charge in [-0.25, -0.2) is 4.39 Å². The van der Waals surface area contributed by atoms with E-state index >= 15 is 0 Å². The molecule has 1 N–H and O–H groups in total. The molecule has 236 valence electrons. The summed E-state index contributed by atoms with van der Waals surface area (Å²) in [6, 6.07) is 6.92. The first-order chi connectivity index (χ1) is 21.6. The molecule has 0 radical (unpaired) electrons. The number of rotatable bonds is 11. The Bertz CT molecular complexity index is 1710. The number of halogens is 3. The number of hydrogen-bond acceptors (Lipinski definition) is 8. The van der Waals surface area contributed by atoms with Gasteiger partial charge in [0.25, 0.3) is 5.91 Å². The Kier molecular flexibility index (Phi) is 8.34. The lowest BCUT2D eigenvalue weighted by atomic mass is 9.49. The van der Waals surface area contributed by atoms with Gasteiger partial charge in [-0.2, -0.15) is 13.9 Å². The van der Waals surface area contributed by atoms with Crippen LogP contribution in [0.3, 0.4) is 0 Å². The molecule has 1 spiro atoms. The van der Waals surface area contributed by atoms with E-state index in [1.807, 2.05) is 0 Å². The Morgan fingerprint density at radius 3 is 2.53 bits per heavy atom. The maximum Gasteiger partial charge on any atom is 0.387 e. The number of amides is 1. The van der Waals surface area contributed by atoms with Crippen LogP contribution in [0, 0.1) is 17.2 Å². The zero-order valence-corrected chi connectivity index (χ0v) is 24.8. The van der Waals surface area contributed by atoms with Gasteiger partial charge in [0, 0.05) is 30.0 Å². The number of nitrogens with zero attached hydrogens (tertiary/aromatic N) is 4. The van der Waals surface area contributed by atoms with Crippen LogP contribution in [0.1, 0.15) is 55.1 Å². The highest BCUT2D eigenvalue weighted by Gasteiger charge is 2.52. The second-order valence-electron chi connectivity index (χ2n) is 11.8. The molecule has 13 heteroatoms. The van der Waals surface area contributed by atoms with Gasteiger partial charge in [-0.3, -0.25) is 24.2 Å². The topological polar surface area (TPSA) is 117 Å². The van der Waals surface area contributed by atoms with E-state index in [1.54, 1.807) is 10.7 Å². The minimum Gasteiger partial charge on any atom is -0.497 e. The number of nitrogens with one attached hydrogen (secondary N) is 1. The van der Waals surface area contributed by atoms with Crippen LogP contribution in [-0.2, 0) is 16.1 Å². The minimum absolute atomic E-state index is 0.0436. The summed E-state index contributed by atoms with van der Waals surface area (Å²) in [7, 11) is 1.45. The summed E-state index contributed by atoms with van der Waals surface area (Å²) < 4.78 is 56.6. The van der Waals surface area contributed by atoms with E-state index in [0.29, 0.717) is 46.1 Å². The number of methoxy groups -OCH3 is 1. The molecule has 2 aliphatic carbocycles. The Balaban J connectivity index is 1.17. The van der Waals surface area contributed by atoms with Crippen molar-refractivity contribution in [2.75, 3.05) is 13.7 Å². The maximum atomic E-state index is 14.0. The molecule has 2 heterocycles. The first-order valence-corrected chi connectivity index (χ1v) is 14.6. The van der Waals surface area contributed by atoms with Gasteiger partial charge < -0.3 is 19.5 Å². The standard InChI is InChI=1S/C32H32F3N5O5/c1-18(41)44-4-3-19-10-32(11-19)12-23(13-32)39-30(42)27-9-26(45-31(34)35)7-21-14-38-40(29(21)27)17-24-15-37-28(16-36-24)20-5-22(33)8-25(6-20)43-2/h5-9,14-16,19,23,31H,3-4,10-13,17H2,1-2H3,(H,39,42). The second-order valence-corrected chi connectivity index (χ2v) is 11.8. The maximum absolute atomic E-state index is 14.0. The summed E-state index contributed by atoms with van der Waals surface area (Å²) in [5, 5.41) is 7.91. The van der Waals surface area contributed by atoms with Crippen molar-refractivity contribution < 1.29 is 37.0 Å². The Hall–Kier alpha value is -4.68. The molecule has 6 rings (SSSR count). The highest BCUT2D eigenvalue weighted by atomic mass is 19.3. The normalized spacial score (nSPS) is 20.5. The van der Waals surface area contributed by atoms with Crippen LogP contribution in [0.5, 0.6) is 11.5 Å². The highest BCUT2D eigenvalue weighted by molar-refractivity contribution is 6.06. The van der Waals surface area contributed by atoms with Crippen LogP contribution >= 0.6 is 0 Å². The molecule has 1 amide bonds. The molecule has 0 aliphatic heterocycles. The van der Waals surface area contributed by atoms with Gasteiger partial charge >= 0.3 is 12.6 Å². The number of hydrogen-bond donors (Lipinski definition) is 1. The number of fused-ring (bicyclic) bond motifs is 1.